The van der Waals surface area contributed by atoms with Crippen LogP contribution in [0.5, 0.6) is 0 Å². The van der Waals surface area contributed by atoms with Gasteiger partial charge in [-0.1, -0.05) is 11.6 Å². The minimum absolute atomic E-state index is 0.492. The molecule has 0 aliphatic rings. The number of hydrogen-bond acceptors (Lipinski definition) is 3. The molecule has 0 atom stereocenters. The summed E-state index contributed by atoms with van der Waals surface area (Å²) >= 11 is 10.7. The van der Waals surface area contributed by atoms with Gasteiger partial charge in [0.15, 0.2) is 0 Å². The van der Waals surface area contributed by atoms with Crippen LogP contribution in [0.25, 0.3) is 10.6 Å². The van der Waals surface area contributed by atoms with Crippen LogP contribution in [-0.4, -0.2) is 9.97 Å². The lowest BCUT2D eigenvalue weighted by atomic mass is 10.3. The first kappa shape index (κ1) is 9.12. The molecule has 2 aromatic rings. The van der Waals surface area contributed by atoms with Crippen LogP contribution < -0.4 is 0 Å². The number of thiazole rings is 1. The standard InChI is InChI=1S/C8H4BrClN2S/c9-5-1-2-7(10)12-8(5)6-3-11-4-13-6/h1-4H. The van der Waals surface area contributed by atoms with Gasteiger partial charge in [0.1, 0.15) is 5.15 Å². The Morgan fingerprint density at radius 2 is 2.23 bits per heavy atom. The average Bonchev–Trinajstić information content (AvgIpc) is 2.61. The zero-order valence-electron chi connectivity index (χ0n) is 6.37. The van der Waals surface area contributed by atoms with Gasteiger partial charge in [-0.05, 0) is 28.1 Å². The minimum atomic E-state index is 0.492. The Morgan fingerprint density at radius 1 is 1.38 bits per heavy atom. The Kier molecular flexibility index (Phi) is 2.62. The van der Waals surface area contributed by atoms with Gasteiger partial charge in [-0.2, -0.15) is 0 Å². The van der Waals surface area contributed by atoms with E-state index in [2.05, 4.69) is 25.9 Å². The summed E-state index contributed by atoms with van der Waals surface area (Å²) < 4.78 is 0.932. The largest absolute Gasteiger partial charge is 0.252 e. The van der Waals surface area contributed by atoms with Crippen molar-refractivity contribution in [2.24, 2.45) is 0 Å². The number of rotatable bonds is 1. The molecular formula is C8H4BrClN2S. The third-order valence-electron chi connectivity index (χ3n) is 1.48. The van der Waals surface area contributed by atoms with Gasteiger partial charge >= 0.3 is 0 Å². The maximum Gasteiger partial charge on any atom is 0.129 e. The van der Waals surface area contributed by atoms with Crippen molar-refractivity contribution in [3.05, 3.63) is 33.5 Å². The normalized spacial score (nSPS) is 10.3. The van der Waals surface area contributed by atoms with E-state index >= 15 is 0 Å². The van der Waals surface area contributed by atoms with Gasteiger partial charge < -0.3 is 0 Å². The van der Waals surface area contributed by atoms with E-state index in [0.717, 1.165) is 15.0 Å². The molecule has 0 fully saturated rings. The summed E-state index contributed by atoms with van der Waals surface area (Å²) in [6.45, 7) is 0. The van der Waals surface area contributed by atoms with Gasteiger partial charge in [0.2, 0.25) is 0 Å². The van der Waals surface area contributed by atoms with E-state index in [1.165, 1.54) is 11.3 Å². The summed E-state index contributed by atoms with van der Waals surface area (Å²) in [5.41, 5.74) is 2.61. The van der Waals surface area contributed by atoms with Crippen LogP contribution in [0.3, 0.4) is 0 Å². The van der Waals surface area contributed by atoms with E-state index in [1.807, 2.05) is 6.07 Å². The molecule has 13 heavy (non-hydrogen) atoms. The zero-order valence-corrected chi connectivity index (χ0v) is 9.53. The number of aromatic nitrogens is 2. The Balaban J connectivity index is 2.57. The van der Waals surface area contributed by atoms with Crippen molar-refractivity contribution < 1.29 is 0 Å². The van der Waals surface area contributed by atoms with Crippen LogP contribution in [0.2, 0.25) is 5.15 Å². The summed E-state index contributed by atoms with van der Waals surface area (Å²) in [4.78, 5) is 9.20. The molecule has 2 heterocycles. The molecule has 0 spiro atoms. The lowest BCUT2D eigenvalue weighted by Crippen LogP contribution is -1.82. The quantitative estimate of drug-likeness (QED) is 0.743. The van der Waals surface area contributed by atoms with Crippen LogP contribution in [0.15, 0.2) is 28.3 Å². The van der Waals surface area contributed by atoms with Gasteiger partial charge in [0.25, 0.3) is 0 Å². The van der Waals surface area contributed by atoms with E-state index in [4.69, 9.17) is 11.6 Å². The summed E-state index contributed by atoms with van der Waals surface area (Å²) in [6.07, 6.45) is 1.77. The molecule has 5 heteroatoms. The third-order valence-corrected chi connectivity index (χ3v) is 3.11. The Hall–Kier alpha value is -0.450. The van der Waals surface area contributed by atoms with Crippen LogP contribution in [0, 0.1) is 0 Å². The predicted octanol–water partition coefficient (Wildman–Crippen LogP) is 3.62. The monoisotopic (exact) mass is 274 g/mol. The highest BCUT2D eigenvalue weighted by Gasteiger charge is 2.06. The second kappa shape index (κ2) is 3.74. The van der Waals surface area contributed by atoms with Crippen molar-refractivity contribution >= 4 is 38.9 Å². The number of nitrogens with zero attached hydrogens (tertiary/aromatic N) is 2. The average molecular weight is 276 g/mol. The van der Waals surface area contributed by atoms with E-state index in [9.17, 15) is 0 Å². The highest BCUT2D eigenvalue weighted by atomic mass is 79.9. The second-order valence-electron chi connectivity index (χ2n) is 2.33. The van der Waals surface area contributed by atoms with Gasteiger partial charge in [0.05, 0.1) is 16.1 Å². The fraction of sp³-hybridized carbons (Fsp3) is 0. The Bertz CT molecular complexity index is 416. The molecule has 0 unspecified atom stereocenters. The summed E-state index contributed by atoms with van der Waals surface area (Å²) in [5.74, 6) is 0. The third kappa shape index (κ3) is 1.90. The van der Waals surface area contributed by atoms with Crippen LogP contribution in [0.1, 0.15) is 0 Å². The number of halogens is 2. The molecule has 0 bridgehead atoms. The molecule has 0 N–H and O–H groups in total. The minimum Gasteiger partial charge on any atom is -0.252 e. The summed E-state index contributed by atoms with van der Waals surface area (Å²) in [6, 6.07) is 3.63. The maximum absolute atomic E-state index is 5.79. The molecule has 0 aliphatic carbocycles. The molecule has 0 aliphatic heterocycles. The van der Waals surface area contributed by atoms with Gasteiger partial charge in [-0.3, -0.25) is 4.98 Å². The maximum atomic E-state index is 5.79. The Morgan fingerprint density at radius 3 is 2.92 bits per heavy atom. The highest BCUT2D eigenvalue weighted by Crippen LogP contribution is 2.29. The lowest BCUT2D eigenvalue weighted by Gasteiger charge is -1.99. The lowest BCUT2D eigenvalue weighted by molar-refractivity contribution is 1.31. The molecule has 66 valence electrons. The van der Waals surface area contributed by atoms with Crippen molar-refractivity contribution in [2.45, 2.75) is 0 Å². The molecule has 0 amide bonds. The van der Waals surface area contributed by atoms with E-state index in [-0.39, 0.29) is 0 Å². The van der Waals surface area contributed by atoms with Gasteiger partial charge in [0, 0.05) is 10.7 Å². The molecule has 0 aromatic carbocycles. The second-order valence-corrected chi connectivity index (χ2v) is 4.46. The molecule has 2 rings (SSSR count). The van der Waals surface area contributed by atoms with Crippen LogP contribution >= 0.6 is 38.9 Å². The van der Waals surface area contributed by atoms with Crippen molar-refractivity contribution in [1.82, 2.24) is 9.97 Å². The Labute approximate surface area is 92.7 Å². The van der Waals surface area contributed by atoms with Crippen molar-refractivity contribution in [1.29, 1.82) is 0 Å². The van der Waals surface area contributed by atoms with Crippen molar-refractivity contribution in [3.63, 3.8) is 0 Å². The van der Waals surface area contributed by atoms with E-state index < -0.39 is 0 Å². The molecular weight excluding hydrogens is 272 g/mol. The summed E-state index contributed by atoms with van der Waals surface area (Å²) in [5, 5.41) is 0.492. The van der Waals surface area contributed by atoms with E-state index in [1.54, 1.807) is 17.8 Å². The fourth-order valence-electron chi connectivity index (χ4n) is 0.924. The topological polar surface area (TPSA) is 25.8 Å². The van der Waals surface area contributed by atoms with Crippen LogP contribution in [0.4, 0.5) is 0 Å². The van der Waals surface area contributed by atoms with E-state index in [0.29, 0.717) is 5.15 Å². The highest BCUT2D eigenvalue weighted by molar-refractivity contribution is 9.10. The van der Waals surface area contributed by atoms with Crippen LogP contribution in [-0.2, 0) is 0 Å². The van der Waals surface area contributed by atoms with Crippen molar-refractivity contribution in [2.75, 3.05) is 0 Å². The molecule has 2 aromatic heterocycles. The first-order chi connectivity index (χ1) is 6.27. The smallest absolute Gasteiger partial charge is 0.129 e. The zero-order chi connectivity index (χ0) is 9.26. The first-order valence-electron chi connectivity index (χ1n) is 3.48. The number of pyridine rings is 1. The first-order valence-corrected chi connectivity index (χ1v) is 5.53. The number of hydrogen-bond donors (Lipinski definition) is 0. The molecule has 0 saturated heterocycles. The fourth-order valence-corrected chi connectivity index (χ4v) is 2.26. The van der Waals surface area contributed by atoms with Gasteiger partial charge in [-0.25, -0.2) is 4.98 Å². The molecule has 0 saturated carbocycles. The predicted molar refractivity (Wildman–Crippen MR) is 58.1 cm³/mol. The summed E-state index contributed by atoms with van der Waals surface area (Å²) in [7, 11) is 0. The SMILES string of the molecule is Clc1ccc(Br)c(-c2cncs2)n1. The molecule has 0 radical (unpaired) electrons. The van der Waals surface area contributed by atoms with Gasteiger partial charge in [-0.15, -0.1) is 11.3 Å². The molecule has 2 nitrogen and oxygen atoms in total. The van der Waals surface area contributed by atoms with Crippen molar-refractivity contribution in [3.8, 4) is 10.6 Å².